The van der Waals surface area contributed by atoms with Crippen LogP contribution >= 0.6 is 11.3 Å². The number of carbonyl (C=O) groups excluding carboxylic acids is 1. The number of anilines is 1. The van der Waals surface area contributed by atoms with Crippen LogP contribution in [0.1, 0.15) is 5.56 Å². The first-order chi connectivity index (χ1) is 13.2. The van der Waals surface area contributed by atoms with E-state index in [1.807, 2.05) is 60.0 Å². The van der Waals surface area contributed by atoms with E-state index in [0.29, 0.717) is 27.9 Å². The fraction of sp³-hybridized carbons (Fsp3) is 0.0476. The molecular weight excluding hydrogens is 360 g/mol. The van der Waals surface area contributed by atoms with Gasteiger partial charge in [-0.1, -0.05) is 42.5 Å². The Bertz CT molecular complexity index is 1110. The lowest BCUT2D eigenvalue weighted by Crippen LogP contribution is -2.07. The highest BCUT2D eigenvalue weighted by Gasteiger charge is 2.13. The molecule has 4 rings (SSSR count). The summed E-state index contributed by atoms with van der Waals surface area (Å²) in [5.74, 6) is 1.07. The van der Waals surface area contributed by atoms with Crippen molar-refractivity contribution in [1.82, 2.24) is 4.98 Å². The molecule has 134 valence electrons. The van der Waals surface area contributed by atoms with Gasteiger partial charge in [0, 0.05) is 16.8 Å². The number of nitrogens with one attached hydrogen (secondary N) is 1. The smallest absolute Gasteiger partial charge is 0.250 e. The number of fused-ring (bicyclic) bond motifs is 1. The largest absolute Gasteiger partial charge is 0.493 e. The number of rotatable bonds is 5. The quantitative estimate of drug-likeness (QED) is 0.485. The van der Waals surface area contributed by atoms with Crippen LogP contribution in [0.2, 0.25) is 0 Å². The normalized spacial score (nSPS) is 11.1. The molecule has 0 saturated carbocycles. The molecule has 0 atom stereocenters. The average molecular weight is 376 g/mol. The molecule has 2 aromatic carbocycles. The zero-order valence-corrected chi connectivity index (χ0v) is 15.3. The van der Waals surface area contributed by atoms with Crippen LogP contribution in [-0.2, 0) is 4.79 Å². The Morgan fingerprint density at radius 3 is 2.85 bits per heavy atom. The summed E-state index contributed by atoms with van der Waals surface area (Å²) in [6.45, 7) is 0. The zero-order valence-electron chi connectivity index (χ0n) is 14.5. The first-order valence-corrected chi connectivity index (χ1v) is 9.17. The van der Waals surface area contributed by atoms with Gasteiger partial charge < -0.3 is 9.15 Å². The number of para-hydroxylation sites is 1. The highest BCUT2D eigenvalue weighted by Crippen LogP contribution is 2.34. The second-order valence-corrected chi connectivity index (χ2v) is 6.62. The third-order valence-electron chi connectivity index (χ3n) is 3.94. The first kappa shape index (κ1) is 17.1. The fourth-order valence-electron chi connectivity index (χ4n) is 2.65. The molecular formula is C21H16N2O3S. The number of nitrogens with zero attached hydrogens (tertiary/aromatic N) is 1. The molecule has 0 aliphatic rings. The molecule has 0 unspecified atom stereocenters. The van der Waals surface area contributed by atoms with E-state index in [0.717, 1.165) is 10.9 Å². The van der Waals surface area contributed by atoms with Gasteiger partial charge in [-0.25, -0.2) is 4.98 Å². The molecule has 0 aliphatic heterocycles. The standard InChI is InChI=1S/C21H16N2O3S/c1-25-17-9-5-8-15-12-18(26-20(15)17)16-13-27-21(22-16)23-19(24)11-10-14-6-3-2-4-7-14/h2-13H,1H3,(H,22,23,24)/b11-10+. The van der Waals surface area contributed by atoms with Crippen LogP contribution in [-0.4, -0.2) is 18.0 Å². The third kappa shape index (κ3) is 3.75. The number of carbonyl (C=O) groups is 1. The van der Waals surface area contributed by atoms with Crippen LogP contribution in [0.4, 0.5) is 5.13 Å². The maximum atomic E-state index is 12.1. The van der Waals surface area contributed by atoms with Crippen molar-refractivity contribution in [3.8, 4) is 17.2 Å². The van der Waals surface area contributed by atoms with Gasteiger partial charge in [-0.15, -0.1) is 11.3 Å². The van der Waals surface area contributed by atoms with E-state index in [-0.39, 0.29) is 5.91 Å². The fourth-order valence-corrected chi connectivity index (χ4v) is 3.35. The molecule has 1 amide bonds. The molecule has 5 nitrogen and oxygen atoms in total. The number of furan rings is 1. The van der Waals surface area contributed by atoms with Crippen LogP contribution in [0.25, 0.3) is 28.5 Å². The SMILES string of the molecule is COc1cccc2cc(-c3csc(NC(=O)/C=C/c4ccccc4)n3)oc12. The average Bonchev–Trinajstić information content (AvgIpc) is 3.33. The predicted octanol–water partition coefficient (Wildman–Crippen LogP) is 5.22. The van der Waals surface area contributed by atoms with Gasteiger partial charge in [0.15, 0.2) is 22.2 Å². The summed E-state index contributed by atoms with van der Waals surface area (Å²) in [5, 5.41) is 6.07. The lowest BCUT2D eigenvalue weighted by Gasteiger charge is -1.98. The summed E-state index contributed by atoms with van der Waals surface area (Å²) in [7, 11) is 1.61. The summed E-state index contributed by atoms with van der Waals surface area (Å²) in [4.78, 5) is 16.5. The minimum absolute atomic E-state index is 0.231. The molecule has 0 spiro atoms. The maximum absolute atomic E-state index is 12.1. The highest BCUT2D eigenvalue weighted by molar-refractivity contribution is 7.14. The molecule has 0 radical (unpaired) electrons. The van der Waals surface area contributed by atoms with E-state index in [1.54, 1.807) is 13.2 Å². The number of aromatic nitrogens is 1. The van der Waals surface area contributed by atoms with E-state index in [1.165, 1.54) is 17.4 Å². The Labute approximate surface area is 159 Å². The van der Waals surface area contributed by atoms with Crippen LogP contribution < -0.4 is 10.1 Å². The Morgan fingerprint density at radius 2 is 2.04 bits per heavy atom. The zero-order chi connectivity index (χ0) is 18.6. The number of benzene rings is 2. The molecule has 4 aromatic rings. The van der Waals surface area contributed by atoms with Crippen molar-refractivity contribution in [3.05, 3.63) is 71.6 Å². The molecule has 2 heterocycles. The van der Waals surface area contributed by atoms with Crippen molar-refractivity contribution in [2.45, 2.75) is 0 Å². The van der Waals surface area contributed by atoms with Gasteiger partial charge in [0.2, 0.25) is 5.91 Å². The predicted molar refractivity (Wildman–Crippen MR) is 108 cm³/mol. The van der Waals surface area contributed by atoms with Gasteiger partial charge in [-0.05, 0) is 23.8 Å². The van der Waals surface area contributed by atoms with Gasteiger partial charge >= 0.3 is 0 Å². The van der Waals surface area contributed by atoms with Gasteiger partial charge in [0.1, 0.15) is 5.69 Å². The number of thiazole rings is 1. The first-order valence-electron chi connectivity index (χ1n) is 8.29. The van der Waals surface area contributed by atoms with E-state index >= 15 is 0 Å². The van der Waals surface area contributed by atoms with Gasteiger partial charge in [0.05, 0.1) is 7.11 Å². The Kier molecular flexibility index (Phi) is 4.72. The lowest BCUT2D eigenvalue weighted by atomic mass is 10.2. The number of hydrogen-bond acceptors (Lipinski definition) is 5. The summed E-state index contributed by atoms with van der Waals surface area (Å²) >= 11 is 1.35. The van der Waals surface area contributed by atoms with Gasteiger partial charge in [0.25, 0.3) is 0 Å². The van der Waals surface area contributed by atoms with Crippen LogP contribution in [0.3, 0.4) is 0 Å². The molecule has 0 aliphatic carbocycles. The Hall–Kier alpha value is -3.38. The topological polar surface area (TPSA) is 64.4 Å². The molecule has 0 bridgehead atoms. The van der Waals surface area contributed by atoms with Crippen molar-refractivity contribution < 1.29 is 13.9 Å². The number of methoxy groups -OCH3 is 1. The minimum Gasteiger partial charge on any atom is -0.493 e. The number of amides is 1. The molecule has 1 N–H and O–H groups in total. The lowest BCUT2D eigenvalue weighted by molar-refractivity contribution is -0.111. The van der Waals surface area contributed by atoms with Crippen molar-refractivity contribution in [2.75, 3.05) is 12.4 Å². The van der Waals surface area contributed by atoms with Crippen molar-refractivity contribution >= 4 is 39.4 Å². The number of hydrogen-bond donors (Lipinski definition) is 1. The van der Waals surface area contributed by atoms with Gasteiger partial charge in [-0.2, -0.15) is 0 Å². The Morgan fingerprint density at radius 1 is 1.19 bits per heavy atom. The maximum Gasteiger partial charge on any atom is 0.250 e. The van der Waals surface area contributed by atoms with Crippen molar-refractivity contribution in [1.29, 1.82) is 0 Å². The summed E-state index contributed by atoms with van der Waals surface area (Å²) in [6.07, 6.45) is 3.25. The van der Waals surface area contributed by atoms with E-state index in [9.17, 15) is 4.79 Å². The van der Waals surface area contributed by atoms with Crippen molar-refractivity contribution in [3.63, 3.8) is 0 Å². The second kappa shape index (κ2) is 7.47. The van der Waals surface area contributed by atoms with Crippen molar-refractivity contribution in [2.24, 2.45) is 0 Å². The van der Waals surface area contributed by atoms with Crippen LogP contribution in [0, 0.1) is 0 Å². The summed E-state index contributed by atoms with van der Waals surface area (Å²) in [6, 6.07) is 17.3. The van der Waals surface area contributed by atoms with E-state index < -0.39 is 0 Å². The molecule has 27 heavy (non-hydrogen) atoms. The molecule has 2 aromatic heterocycles. The van der Waals surface area contributed by atoms with E-state index in [4.69, 9.17) is 9.15 Å². The van der Waals surface area contributed by atoms with Gasteiger partial charge in [-0.3, -0.25) is 10.1 Å². The second-order valence-electron chi connectivity index (χ2n) is 5.76. The highest BCUT2D eigenvalue weighted by atomic mass is 32.1. The minimum atomic E-state index is -0.231. The Balaban J connectivity index is 1.50. The third-order valence-corrected chi connectivity index (χ3v) is 4.70. The summed E-state index contributed by atoms with van der Waals surface area (Å²) < 4.78 is 11.2. The molecule has 0 fully saturated rings. The molecule has 6 heteroatoms. The molecule has 0 saturated heterocycles. The van der Waals surface area contributed by atoms with Crippen LogP contribution in [0.5, 0.6) is 5.75 Å². The summed E-state index contributed by atoms with van der Waals surface area (Å²) in [5.41, 5.74) is 2.31. The monoisotopic (exact) mass is 376 g/mol. The number of ether oxygens (including phenoxy) is 1. The van der Waals surface area contributed by atoms with E-state index in [2.05, 4.69) is 10.3 Å². The van der Waals surface area contributed by atoms with Crippen LogP contribution in [0.15, 0.2) is 70.5 Å².